The van der Waals surface area contributed by atoms with Crippen LogP contribution in [0, 0.1) is 5.92 Å². The van der Waals surface area contributed by atoms with Gasteiger partial charge in [-0.1, -0.05) is 46.5 Å². The lowest BCUT2D eigenvalue weighted by molar-refractivity contribution is -0.00194. The van der Waals surface area contributed by atoms with E-state index < -0.39 is 94.3 Å². The van der Waals surface area contributed by atoms with Crippen LogP contribution in [0.2, 0.25) is 0 Å². The number of unbranched alkanes of at least 4 members (excludes halogenated alkanes) is 3. The van der Waals surface area contributed by atoms with Crippen molar-refractivity contribution in [3.63, 3.8) is 0 Å². The molecule has 6 amide bonds. The predicted molar refractivity (Wildman–Crippen MR) is 279 cm³/mol. The molecule has 0 rings (SSSR count). The topological polar surface area (TPSA) is 204 Å². The van der Waals surface area contributed by atoms with E-state index in [0.717, 1.165) is 19.3 Å². The third kappa shape index (κ3) is 33.1. The molecule has 0 radical (unpaired) electrons. The van der Waals surface area contributed by atoms with Crippen LogP contribution in [0.4, 0.5) is 28.8 Å². The quantitative estimate of drug-likeness (QED) is 0.0444. The summed E-state index contributed by atoms with van der Waals surface area (Å²) in [5.41, 5.74) is -5.08. The van der Waals surface area contributed by atoms with Crippen molar-refractivity contribution in [2.75, 3.05) is 32.7 Å². The molecule has 416 valence electrons. The van der Waals surface area contributed by atoms with Crippen LogP contribution in [-0.4, -0.2) is 136 Å². The van der Waals surface area contributed by atoms with Crippen molar-refractivity contribution in [3.8, 4) is 0 Å². The lowest BCUT2D eigenvalue weighted by Gasteiger charge is -2.41. The van der Waals surface area contributed by atoms with Gasteiger partial charge >= 0.3 is 36.6 Å². The van der Waals surface area contributed by atoms with Crippen molar-refractivity contribution >= 4 is 36.6 Å². The summed E-state index contributed by atoms with van der Waals surface area (Å²) in [4.78, 5) is 88.1. The largest absolute Gasteiger partial charge is 0.444 e. The molecule has 0 saturated heterocycles. The highest BCUT2D eigenvalue weighted by molar-refractivity contribution is 5.72. The number of hydrogen-bond acceptors (Lipinski definition) is 12. The highest BCUT2D eigenvalue weighted by Crippen LogP contribution is 2.27. The van der Waals surface area contributed by atoms with Crippen molar-refractivity contribution in [2.24, 2.45) is 5.92 Å². The number of nitrogens with one attached hydrogen (secondary N) is 3. The zero-order valence-electron chi connectivity index (χ0n) is 48.4. The second-order valence-electron chi connectivity index (χ2n) is 24.5. The molecular weight excluding hydrogens is 913 g/mol. The Balaban J connectivity index is 8.10. The molecule has 71 heavy (non-hydrogen) atoms. The molecule has 0 fully saturated rings. The van der Waals surface area contributed by atoms with Crippen LogP contribution in [0.15, 0.2) is 0 Å². The van der Waals surface area contributed by atoms with Crippen LogP contribution in [0.3, 0.4) is 0 Å². The number of amides is 6. The maximum Gasteiger partial charge on any atom is 0.411 e. The van der Waals surface area contributed by atoms with Gasteiger partial charge in [0.25, 0.3) is 0 Å². The van der Waals surface area contributed by atoms with Crippen LogP contribution < -0.4 is 16.0 Å². The highest BCUT2D eigenvalue weighted by Gasteiger charge is 2.40. The maximum absolute atomic E-state index is 14.8. The number of rotatable bonds is 25. The molecule has 3 N–H and O–H groups in total. The molecule has 0 bridgehead atoms. The third-order valence-electron chi connectivity index (χ3n) is 10.0. The van der Waals surface area contributed by atoms with E-state index in [4.69, 9.17) is 28.4 Å². The molecule has 0 aromatic heterocycles. The summed E-state index contributed by atoms with van der Waals surface area (Å²) in [7, 11) is 0. The first-order valence-electron chi connectivity index (χ1n) is 26.2. The van der Waals surface area contributed by atoms with E-state index in [1.54, 1.807) is 114 Å². The van der Waals surface area contributed by atoms with Crippen molar-refractivity contribution < 1.29 is 57.2 Å². The highest BCUT2D eigenvalue weighted by atomic mass is 16.6. The average molecular weight is 1020 g/mol. The van der Waals surface area contributed by atoms with E-state index in [9.17, 15) is 28.8 Å². The van der Waals surface area contributed by atoms with E-state index in [0.29, 0.717) is 51.6 Å². The van der Waals surface area contributed by atoms with E-state index >= 15 is 0 Å². The minimum absolute atomic E-state index is 0.0843. The summed E-state index contributed by atoms with van der Waals surface area (Å²) in [5, 5.41) is 9.15. The molecule has 0 aliphatic rings. The molecular formula is C53H102N6O12. The number of nitrogens with zero attached hydrogens (tertiary/aromatic N) is 3. The van der Waals surface area contributed by atoms with E-state index in [1.165, 1.54) is 4.90 Å². The van der Waals surface area contributed by atoms with Gasteiger partial charge in [0.05, 0.1) is 12.1 Å². The van der Waals surface area contributed by atoms with Gasteiger partial charge in [0.1, 0.15) is 39.8 Å². The number of hydrogen-bond donors (Lipinski definition) is 3. The SMILES string of the molecule is CCCCCCC(CN(C(=O)OC(C)(C)C)C(CCCN(CCC)C(=O)OC(C)(C)C)NC(=O)OC(C)(C)C)C(NC(=O)OC(C)(C)C)C(CCCN(CCC)C(=O)OC(C)(C)C)NC(=O)OC(C)(C)C. The van der Waals surface area contributed by atoms with E-state index in [1.807, 2.05) is 34.6 Å². The fraction of sp³-hybridized carbons (Fsp3) is 0.887. The predicted octanol–water partition coefficient (Wildman–Crippen LogP) is 12.3. The van der Waals surface area contributed by atoms with Crippen LogP contribution in [0.1, 0.15) is 216 Å². The minimum atomic E-state index is -1.05. The van der Waals surface area contributed by atoms with Crippen molar-refractivity contribution in [1.29, 1.82) is 0 Å². The van der Waals surface area contributed by atoms with Gasteiger partial charge in [-0.25, -0.2) is 28.8 Å². The Labute approximate surface area is 429 Å². The Hall–Kier alpha value is -4.38. The number of ether oxygens (including phenoxy) is 6. The third-order valence-corrected chi connectivity index (χ3v) is 10.0. The molecule has 0 heterocycles. The fourth-order valence-corrected chi connectivity index (χ4v) is 7.42. The minimum Gasteiger partial charge on any atom is -0.444 e. The molecule has 18 nitrogen and oxygen atoms in total. The summed E-state index contributed by atoms with van der Waals surface area (Å²) in [6, 6.07) is -1.76. The Morgan fingerprint density at radius 2 is 0.775 bits per heavy atom. The zero-order chi connectivity index (χ0) is 55.2. The van der Waals surface area contributed by atoms with Gasteiger partial charge in [-0.3, -0.25) is 4.90 Å². The van der Waals surface area contributed by atoms with Crippen LogP contribution in [-0.2, 0) is 28.4 Å². The van der Waals surface area contributed by atoms with Gasteiger partial charge in [-0.2, -0.15) is 0 Å². The second kappa shape index (κ2) is 30.0. The molecule has 0 saturated carbocycles. The Morgan fingerprint density at radius 3 is 1.17 bits per heavy atom. The number of carbonyl (C=O) groups is 6. The van der Waals surface area contributed by atoms with E-state index in [2.05, 4.69) is 22.9 Å². The van der Waals surface area contributed by atoms with Gasteiger partial charge in [-0.05, 0) is 175 Å². The molecule has 0 spiro atoms. The first kappa shape index (κ1) is 66.6. The zero-order valence-corrected chi connectivity index (χ0v) is 48.4. The van der Waals surface area contributed by atoms with Gasteiger partial charge in [0.2, 0.25) is 0 Å². The Bertz CT molecular complexity index is 1620. The first-order valence-corrected chi connectivity index (χ1v) is 26.2. The average Bonchev–Trinajstić information content (AvgIpc) is 3.14. The summed E-state index contributed by atoms with van der Waals surface area (Å²) in [5.74, 6) is -0.620. The van der Waals surface area contributed by atoms with Crippen molar-refractivity contribution in [2.45, 2.75) is 268 Å². The van der Waals surface area contributed by atoms with Gasteiger partial charge in [0, 0.05) is 32.7 Å². The van der Waals surface area contributed by atoms with Crippen molar-refractivity contribution in [3.05, 3.63) is 0 Å². The van der Waals surface area contributed by atoms with Gasteiger partial charge in [0.15, 0.2) is 0 Å². The fourth-order valence-electron chi connectivity index (χ4n) is 7.42. The maximum atomic E-state index is 14.8. The van der Waals surface area contributed by atoms with Crippen molar-refractivity contribution in [1.82, 2.24) is 30.7 Å². The van der Waals surface area contributed by atoms with Gasteiger partial charge in [-0.15, -0.1) is 0 Å². The number of alkyl carbamates (subject to hydrolysis) is 3. The van der Waals surface area contributed by atoms with E-state index in [-0.39, 0.29) is 32.5 Å². The first-order chi connectivity index (χ1) is 32.3. The standard InChI is InChI=1S/C53H102N6O12/c1-22-25-26-27-30-38(37-59(47(65)71-53(19,20)21)40(55-43(61)67-49(7,8)9)32-29-36-58(34-24-3)46(64)70-52(16,17)18)41(56-44(62)68-50(10,11)12)39(54-42(60)66-48(4,5)6)31-28-35-57(33-23-2)45(63)69-51(13,14)15/h38-41H,22-37H2,1-21H3,(H,54,60)(H,55,61)(H,56,62). The molecule has 18 heteroatoms. The summed E-state index contributed by atoms with van der Waals surface area (Å²) >= 11 is 0. The molecule has 0 aliphatic carbocycles. The normalized spacial score (nSPS) is 14.2. The summed E-state index contributed by atoms with van der Waals surface area (Å²) in [6.07, 6.45) is 1.33. The Morgan fingerprint density at radius 1 is 0.394 bits per heavy atom. The lowest BCUT2D eigenvalue weighted by atomic mass is 9.85. The Kier molecular flexibility index (Phi) is 28.1. The smallest absolute Gasteiger partial charge is 0.411 e. The summed E-state index contributed by atoms with van der Waals surface area (Å²) in [6.45, 7) is 39.1. The van der Waals surface area contributed by atoms with Crippen LogP contribution in [0.5, 0.6) is 0 Å². The molecule has 4 atom stereocenters. The van der Waals surface area contributed by atoms with Crippen LogP contribution >= 0.6 is 0 Å². The summed E-state index contributed by atoms with van der Waals surface area (Å²) < 4.78 is 35.0. The molecule has 0 aromatic rings. The van der Waals surface area contributed by atoms with Crippen LogP contribution in [0.25, 0.3) is 0 Å². The second-order valence-corrected chi connectivity index (χ2v) is 24.5. The molecule has 0 aliphatic heterocycles. The van der Waals surface area contributed by atoms with Gasteiger partial charge < -0.3 is 54.2 Å². The number of carbonyl (C=O) groups excluding carboxylic acids is 6. The lowest BCUT2D eigenvalue weighted by Crippen LogP contribution is -2.60. The molecule has 4 unspecified atom stereocenters. The molecule has 0 aromatic carbocycles. The monoisotopic (exact) mass is 1010 g/mol.